The first-order valence-electron chi connectivity index (χ1n) is 7.63. The lowest BCUT2D eigenvalue weighted by Crippen LogP contribution is -2.46. The van der Waals surface area contributed by atoms with Crippen LogP contribution in [0.2, 0.25) is 0 Å². The maximum atomic E-state index is 4.45. The van der Waals surface area contributed by atoms with Crippen LogP contribution in [0.5, 0.6) is 0 Å². The number of hydrogen-bond acceptors (Lipinski definition) is 5. The summed E-state index contributed by atoms with van der Waals surface area (Å²) in [7, 11) is 0. The highest BCUT2D eigenvalue weighted by atomic mass is 32.2. The van der Waals surface area contributed by atoms with E-state index in [-0.39, 0.29) is 0 Å². The molecular weight excluding hydrogens is 288 g/mol. The van der Waals surface area contributed by atoms with Crippen LogP contribution in [0.1, 0.15) is 33.0 Å². The van der Waals surface area contributed by atoms with Gasteiger partial charge in [0.15, 0.2) is 0 Å². The fourth-order valence-corrected chi connectivity index (χ4v) is 6.05. The molecule has 0 spiro atoms. The van der Waals surface area contributed by atoms with Gasteiger partial charge in [0.05, 0.1) is 0 Å². The van der Waals surface area contributed by atoms with Gasteiger partial charge in [0.2, 0.25) is 0 Å². The van der Waals surface area contributed by atoms with Crippen molar-refractivity contribution in [1.29, 1.82) is 0 Å². The zero-order valence-corrected chi connectivity index (χ0v) is 14.3. The highest BCUT2D eigenvalue weighted by Gasteiger charge is 2.32. The number of aryl methyl sites for hydroxylation is 1. The summed E-state index contributed by atoms with van der Waals surface area (Å²) in [5.74, 6) is 3.68. The van der Waals surface area contributed by atoms with E-state index < -0.39 is 0 Å². The molecule has 0 amide bonds. The second kappa shape index (κ2) is 8.29. The molecule has 1 N–H and O–H groups in total. The molecule has 0 saturated carbocycles. The Morgan fingerprint density at radius 1 is 1.35 bits per heavy atom. The Bertz CT molecular complexity index is 396. The molecule has 1 aliphatic heterocycles. The Morgan fingerprint density at radius 3 is 2.85 bits per heavy atom. The van der Waals surface area contributed by atoms with Crippen LogP contribution >= 0.6 is 23.5 Å². The number of hydrogen-bond donors (Lipinski definition) is 1. The molecule has 0 aliphatic carbocycles. The lowest BCUT2D eigenvalue weighted by Gasteiger charge is -2.36. The fraction of sp³-hybridized carbons (Fsp3) is 0.857. The summed E-state index contributed by atoms with van der Waals surface area (Å²) >= 11 is 4.28. The Morgan fingerprint density at radius 2 is 2.15 bits per heavy atom. The van der Waals surface area contributed by atoms with E-state index in [0.717, 1.165) is 30.6 Å². The first-order chi connectivity index (χ1) is 9.80. The second-order valence-electron chi connectivity index (χ2n) is 5.01. The first-order valence-corrected chi connectivity index (χ1v) is 9.73. The number of aromatic nitrogens is 3. The smallest absolute Gasteiger partial charge is 0.138 e. The lowest BCUT2D eigenvalue weighted by molar-refractivity contribution is 0.466. The molecule has 1 saturated heterocycles. The maximum absolute atomic E-state index is 4.45. The van der Waals surface area contributed by atoms with E-state index in [1.54, 1.807) is 6.33 Å². The van der Waals surface area contributed by atoms with Crippen molar-refractivity contribution in [2.24, 2.45) is 0 Å². The van der Waals surface area contributed by atoms with E-state index in [0.29, 0.717) is 11.3 Å². The summed E-state index contributed by atoms with van der Waals surface area (Å²) in [6, 6.07) is 0.497. The second-order valence-corrected chi connectivity index (χ2v) is 7.65. The predicted molar refractivity (Wildman–Crippen MR) is 89.6 cm³/mol. The third-order valence-corrected chi connectivity index (χ3v) is 7.16. The SMILES string of the molecule is CCNC(Cc1ncnn1CC)C1SCCSC1CC. The van der Waals surface area contributed by atoms with Crippen LogP contribution in [-0.4, -0.2) is 49.4 Å². The number of rotatable bonds is 7. The quantitative estimate of drug-likeness (QED) is 0.837. The van der Waals surface area contributed by atoms with Crippen LogP contribution in [0, 0.1) is 0 Å². The van der Waals surface area contributed by atoms with Crippen molar-refractivity contribution >= 4 is 23.5 Å². The molecule has 20 heavy (non-hydrogen) atoms. The molecule has 6 heteroatoms. The summed E-state index contributed by atoms with van der Waals surface area (Å²) in [5, 5.41) is 9.43. The predicted octanol–water partition coefficient (Wildman–Crippen LogP) is 2.45. The molecule has 0 radical (unpaired) electrons. The van der Waals surface area contributed by atoms with Crippen LogP contribution in [0.4, 0.5) is 0 Å². The van der Waals surface area contributed by atoms with Gasteiger partial charge >= 0.3 is 0 Å². The van der Waals surface area contributed by atoms with Gasteiger partial charge < -0.3 is 5.32 Å². The van der Waals surface area contributed by atoms with E-state index in [1.807, 2.05) is 4.68 Å². The van der Waals surface area contributed by atoms with Gasteiger partial charge in [-0.15, -0.1) is 0 Å². The third kappa shape index (κ3) is 3.92. The normalized spacial score (nSPS) is 24.8. The molecule has 1 fully saturated rings. The van der Waals surface area contributed by atoms with Gasteiger partial charge in [0, 0.05) is 41.0 Å². The highest BCUT2D eigenvalue weighted by molar-refractivity contribution is 8.07. The minimum atomic E-state index is 0.497. The van der Waals surface area contributed by atoms with Crippen LogP contribution in [0.3, 0.4) is 0 Å². The molecule has 3 atom stereocenters. The summed E-state index contributed by atoms with van der Waals surface area (Å²) in [5.41, 5.74) is 0. The number of likely N-dealkylation sites (N-methyl/N-ethyl adjacent to an activating group) is 1. The van der Waals surface area contributed by atoms with Gasteiger partial charge in [0.25, 0.3) is 0 Å². The van der Waals surface area contributed by atoms with Crippen molar-refractivity contribution in [3.8, 4) is 0 Å². The summed E-state index contributed by atoms with van der Waals surface area (Å²) in [6.07, 6.45) is 3.92. The zero-order valence-electron chi connectivity index (χ0n) is 12.7. The molecular formula is C14H26N4S2. The van der Waals surface area contributed by atoms with Gasteiger partial charge in [-0.1, -0.05) is 13.8 Å². The lowest BCUT2D eigenvalue weighted by atomic mass is 10.0. The standard InChI is InChI=1S/C14H26N4S2/c1-4-12-14(20-8-7-19-12)11(15-5-2)9-13-16-10-17-18(13)6-3/h10-12,14-15H,4-9H2,1-3H3. The van der Waals surface area contributed by atoms with E-state index in [1.165, 1.54) is 17.9 Å². The average molecular weight is 315 g/mol. The van der Waals surface area contributed by atoms with Crippen LogP contribution in [-0.2, 0) is 13.0 Å². The molecule has 0 bridgehead atoms. The molecule has 1 aromatic rings. The number of thioether (sulfide) groups is 2. The van der Waals surface area contributed by atoms with Crippen molar-refractivity contribution in [2.75, 3.05) is 18.1 Å². The van der Waals surface area contributed by atoms with Gasteiger partial charge in [-0.2, -0.15) is 28.6 Å². The highest BCUT2D eigenvalue weighted by Crippen LogP contribution is 2.35. The Kier molecular flexibility index (Phi) is 6.71. The molecule has 1 aliphatic rings. The Labute approximate surface area is 130 Å². The van der Waals surface area contributed by atoms with Crippen molar-refractivity contribution < 1.29 is 0 Å². The van der Waals surface area contributed by atoms with E-state index in [9.17, 15) is 0 Å². The number of nitrogens with zero attached hydrogens (tertiary/aromatic N) is 3. The Hall–Kier alpha value is -0.200. The molecule has 1 aromatic heterocycles. The average Bonchev–Trinajstić information content (AvgIpc) is 2.94. The van der Waals surface area contributed by atoms with Crippen molar-refractivity contribution in [1.82, 2.24) is 20.1 Å². The van der Waals surface area contributed by atoms with E-state index in [4.69, 9.17) is 0 Å². The topological polar surface area (TPSA) is 42.7 Å². The van der Waals surface area contributed by atoms with Crippen LogP contribution in [0.25, 0.3) is 0 Å². The maximum Gasteiger partial charge on any atom is 0.138 e. The first kappa shape index (κ1) is 16.2. The van der Waals surface area contributed by atoms with Gasteiger partial charge in [-0.25, -0.2) is 4.98 Å². The van der Waals surface area contributed by atoms with Gasteiger partial charge in [-0.3, -0.25) is 4.68 Å². The third-order valence-electron chi connectivity index (χ3n) is 3.75. The Balaban J connectivity index is 2.09. The van der Waals surface area contributed by atoms with E-state index in [2.05, 4.69) is 59.7 Å². The monoisotopic (exact) mass is 314 g/mol. The summed E-state index contributed by atoms with van der Waals surface area (Å²) in [4.78, 5) is 4.45. The molecule has 3 unspecified atom stereocenters. The minimum absolute atomic E-state index is 0.497. The molecule has 4 nitrogen and oxygen atoms in total. The minimum Gasteiger partial charge on any atom is -0.313 e. The summed E-state index contributed by atoms with van der Waals surface area (Å²) in [6.45, 7) is 8.55. The number of nitrogens with one attached hydrogen (secondary N) is 1. The van der Waals surface area contributed by atoms with Gasteiger partial charge in [0.1, 0.15) is 12.2 Å². The van der Waals surface area contributed by atoms with Gasteiger partial charge in [-0.05, 0) is 19.9 Å². The fourth-order valence-electron chi connectivity index (χ4n) is 2.78. The largest absolute Gasteiger partial charge is 0.313 e. The zero-order chi connectivity index (χ0) is 14.4. The van der Waals surface area contributed by atoms with Crippen molar-refractivity contribution in [3.05, 3.63) is 12.2 Å². The van der Waals surface area contributed by atoms with E-state index >= 15 is 0 Å². The molecule has 0 aromatic carbocycles. The van der Waals surface area contributed by atoms with Crippen molar-refractivity contribution in [3.63, 3.8) is 0 Å². The molecule has 2 heterocycles. The summed E-state index contributed by atoms with van der Waals surface area (Å²) < 4.78 is 2.02. The van der Waals surface area contributed by atoms with Crippen LogP contribution in [0.15, 0.2) is 6.33 Å². The van der Waals surface area contributed by atoms with Crippen molar-refractivity contribution in [2.45, 2.75) is 56.7 Å². The molecule has 2 rings (SSSR count). The van der Waals surface area contributed by atoms with Crippen LogP contribution < -0.4 is 5.32 Å². The molecule has 114 valence electrons.